The molecule has 0 spiro atoms. The predicted octanol–water partition coefficient (Wildman–Crippen LogP) is 13.1. The number of hydrogen-bond acceptors (Lipinski definition) is 2. The van der Waals surface area contributed by atoms with Crippen LogP contribution >= 0.6 is 22.7 Å². The van der Waals surface area contributed by atoms with Gasteiger partial charge in [-0.3, -0.25) is 0 Å². The largest absolute Gasteiger partial charge is 0.309 e. The van der Waals surface area contributed by atoms with Gasteiger partial charge in [0.15, 0.2) is 0 Å². The van der Waals surface area contributed by atoms with Crippen molar-refractivity contribution in [3.8, 4) is 27.9 Å². The van der Waals surface area contributed by atoms with Crippen LogP contribution in [-0.2, 0) is 5.41 Å². The van der Waals surface area contributed by atoms with E-state index >= 15 is 0 Å². The summed E-state index contributed by atoms with van der Waals surface area (Å²) >= 11 is 3.84. The molecule has 0 saturated carbocycles. The molecular weight excluding hydrogens is 691 g/mol. The van der Waals surface area contributed by atoms with E-state index in [1.54, 1.807) is 0 Å². The van der Waals surface area contributed by atoms with Crippen LogP contribution in [0.1, 0.15) is 42.9 Å². The second kappa shape index (κ2) is 11.1. The molecule has 0 bridgehead atoms. The van der Waals surface area contributed by atoms with Crippen LogP contribution in [0.15, 0.2) is 146 Å². The molecule has 0 radical (unpaired) electrons. The minimum absolute atomic E-state index is 0.0542. The van der Waals surface area contributed by atoms with Crippen LogP contribution in [0.4, 0.5) is 0 Å². The predicted molar refractivity (Wildman–Crippen MR) is 234 cm³/mol. The zero-order chi connectivity index (χ0) is 35.7. The van der Waals surface area contributed by atoms with Crippen LogP contribution in [0.3, 0.4) is 0 Å². The van der Waals surface area contributed by atoms with E-state index in [-0.39, 0.29) is 5.41 Å². The molecule has 0 amide bonds. The van der Waals surface area contributed by atoms with Crippen LogP contribution in [0.5, 0.6) is 0 Å². The number of aromatic nitrogens is 1. The Labute approximate surface area is 321 Å². The van der Waals surface area contributed by atoms with Gasteiger partial charge in [0.2, 0.25) is 0 Å². The fraction of sp³-hybridized carbons (Fsp3) is 0.0980. The summed E-state index contributed by atoms with van der Waals surface area (Å²) in [6, 6.07) is 54.8. The summed E-state index contributed by atoms with van der Waals surface area (Å²) in [5, 5.41) is 8.10. The van der Waals surface area contributed by atoms with Gasteiger partial charge in [0.05, 0.1) is 11.0 Å². The molecule has 10 aromatic rings. The molecule has 0 N–H and O–H groups in total. The Kier molecular flexibility index (Phi) is 6.33. The summed E-state index contributed by atoms with van der Waals surface area (Å²) in [5.74, 6) is 0.304. The average molecular weight is 726 g/mol. The first-order chi connectivity index (χ1) is 26.5. The molecule has 1 nitrogen and oxygen atoms in total. The molecule has 54 heavy (non-hydrogen) atoms. The summed E-state index contributed by atoms with van der Waals surface area (Å²) in [6.07, 6.45) is 6.06. The van der Waals surface area contributed by atoms with E-state index in [0.717, 1.165) is 6.42 Å². The van der Waals surface area contributed by atoms with Crippen LogP contribution in [-0.4, -0.2) is 4.57 Å². The summed E-state index contributed by atoms with van der Waals surface area (Å²) in [7, 11) is 0. The first-order valence-electron chi connectivity index (χ1n) is 18.9. The van der Waals surface area contributed by atoms with Crippen molar-refractivity contribution in [2.75, 3.05) is 0 Å². The van der Waals surface area contributed by atoms with E-state index in [2.05, 4.69) is 176 Å². The van der Waals surface area contributed by atoms with Crippen molar-refractivity contribution in [2.24, 2.45) is 0 Å². The SMILES string of the molecule is CC1(C)c2ccccc2-c2cc3c4cc(C5C=c6c(sc7ccc(-c8cccc9c8sc8ccccc89)cc67)=CC5)ccc4n(-c4ccccc4)c3cc21. The lowest BCUT2D eigenvalue weighted by molar-refractivity contribution is 0.661. The maximum atomic E-state index is 2.56. The van der Waals surface area contributed by atoms with Gasteiger partial charge in [0.25, 0.3) is 0 Å². The van der Waals surface area contributed by atoms with Crippen molar-refractivity contribution >= 4 is 86.9 Å². The second-order valence-electron chi connectivity index (χ2n) is 15.6. The van der Waals surface area contributed by atoms with Crippen LogP contribution in [0.25, 0.3) is 92.2 Å². The van der Waals surface area contributed by atoms with E-state index in [1.807, 2.05) is 22.7 Å². The minimum atomic E-state index is -0.0542. The molecule has 12 rings (SSSR count). The summed E-state index contributed by atoms with van der Waals surface area (Å²) in [4.78, 5) is 0. The monoisotopic (exact) mass is 725 g/mol. The summed E-state index contributed by atoms with van der Waals surface area (Å²) in [6.45, 7) is 4.75. The topological polar surface area (TPSA) is 4.93 Å². The van der Waals surface area contributed by atoms with Crippen molar-refractivity contribution in [3.05, 3.63) is 172 Å². The Hall–Kier alpha value is -5.74. The normalized spacial score (nSPS) is 15.8. The van der Waals surface area contributed by atoms with Gasteiger partial charge in [-0.25, -0.2) is 0 Å². The van der Waals surface area contributed by atoms with Crippen molar-refractivity contribution in [1.82, 2.24) is 4.57 Å². The molecule has 2 aliphatic rings. The number of fused-ring (bicyclic) bond motifs is 12. The van der Waals surface area contributed by atoms with Gasteiger partial charge in [-0.05, 0) is 105 Å². The van der Waals surface area contributed by atoms with Crippen molar-refractivity contribution in [2.45, 2.75) is 31.6 Å². The highest BCUT2D eigenvalue weighted by atomic mass is 32.1. The molecule has 2 aliphatic carbocycles. The maximum absolute atomic E-state index is 2.56. The van der Waals surface area contributed by atoms with E-state index in [9.17, 15) is 0 Å². The number of nitrogens with zero attached hydrogens (tertiary/aromatic N) is 1. The second-order valence-corrected chi connectivity index (χ2v) is 17.8. The lowest BCUT2D eigenvalue weighted by atomic mass is 9.82. The molecular formula is C51H35NS2. The fourth-order valence-electron chi connectivity index (χ4n) is 9.65. The first-order valence-corrected chi connectivity index (χ1v) is 20.6. The Morgan fingerprint density at radius 1 is 0.556 bits per heavy atom. The molecule has 1 unspecified atom stereocenters. The molecule has 0 aliphatic heterocycles. The van der Waals surface area contributed by atoms with Crippen molar-refractivity contribution in [1.29, 1.82) is 0 Å². The number of hydrogen-bond donors (Lipinski definition) is 0. The maximum Gasteiger partial charge on any atom is 0.0544 e. The van der Waals surface area contributed by atoms with E-state index in [1.165, 1.54) is 106 Å². The van der Waals surface area contributed by atoms with Gasteiger partial charge in [0, 0.05) is 62.6 Å². The highest BCUT2D eigenvalue weighted by Crippen LogP contribution is 2.51. The van der Waals surface area contributed by atoms with E-state index in [0.29, 0.717) is 5.92 Å². The third-order valence-electron chi connectivity index (χ3n) is 12.3. The lowest BCUT2D eigenvalue weighted by Crippen LogP contribution is -2.23. The molecule has 0 fully saturated rings. The van der Waals surface area contributed by atoms with Gasteiger partial charge in [0.1, 0.15) is 0 Å². The highest BCUT2D eigenvalue weighted by molar-refractivity contribution is 7.26. The minimum Gasteiger partial charge on any atom is -0.309 e. The lowest BCUT2D eigenvalue weighted by Gasteiger charge is -2.21. The van der Waals surface area contributed by atoms with Gasteiger partial charge in [-0.1, -0.05) is 117 Å². The Morgan fingerprint density at radius 3 is 2.26 bits per heavy atom. The number of rotatable bonds is 3. The zero-order valence-corrected chi connectivity index (χ0v) is 31.7. The number of benzene rings is 7. The van der Waals surface area contributed by atoms with Gasteiger partial charge >= 0.3 is 0 Å². The first kappa shape index (κ1) is 30.7. The molecule has 3 heterocycles. The van der Waals surface area contributed by atoms with Crippen molar-refractivity contribution < 1.29 is 0 Å². The van der Waals surface area contributed by atoms with E-state index < -0.39 is 0 Å². The Balaban J connectivity index is 1.03. The molecule has 3 aromatic heterocycles. The Bertz CT molecular complexity index is 3330. The van der Waals surface area contributed by atoms with Crippen LogP contribution < -0.4 is 9.75 Å². The summed E-state index contributed by atoms with van der Waals surface area (Å²) < 4.78 is 7.96. The fourth-order valence-corrected chi connectivity index (χ4v) is 12.0. The molecule has 1 atom stereocenters. The van der Waals surface area contributed by atoms with Gasteiger partial charge in [-0.15, -0.1) is 22.7 Å². The zero-order valence-electron chi connectivity index (χ0n) is 30.1. The van der Waals surface area contributed by atoms with Crippen molar-refractivity contribution in [3.63, 3.8) is 0 Å². The van der Waals surface area contributed by atoms with Gasteiger partial charge in [-0.2, -0.15) is 0 Å². The smallest absolute Gasteiger partial charge is 0.0544 e. The number of thiophene rings is 2. The third kappa shape index (κ3) is 4.25. The van der Waals surface area contributed by atoms with Gasteiger partial charge < -0.3 is 4.57 Å². The molecule has 0 saturated heterocycles. The van der Waals surface area contributed by atoms with Crippen LogP contribution in [0, 0.1) is 0 Å². The van der Waals surface area contributed by atoms with E-state index in [4.69, 9.17) is 0 Å². The van der Waals surface area contributed by atoms with Crippen LogP contribution in [0.2, 0.25) is 0 Å². The average Bonchev–Trinajstić information content (AvgIpc) is 3.93. The third-order valence-corrected chi connectivity index (χ3v) is 14.7. The molecule has 3 heteroatoms. The molecule has 7 aromatic carbocycles. The standard InChI is InChI=1S/C51H35NS2/c1-51(2)43-17-8-6-13-35(43)38-28-40-39-25-30(19-22-45(39)52(46(40)29-44(38)51)33-11-4-3-5-12-33)31-20-23-48-41(26-31)42-27-32(21-24-49(42)53-48)34-15-10-16-37-36-14-7-9-18-47(36)54-50(34)37/h3-19,21-29,31H,20H2,1-2H3. The Morgan fingerprint density at radius 2 is 1.33 bits per heavy atom. The molecule has 256 valence electrons. The number of para-hydroxylation sites is 1. The highest BCUT2D eigenvalue weighted by Gasteiger charge is 2.36. The summed E-state index contributed by atoms with van der Waals surface area (Å²) in [5.41, 5.74) is 13.2. The quantitative estimate of drug-likeness (QED) is 0.171.